The standard InChI is InChI=1S/C12H17NO5S/c1-3-18-12(17)9-4-8(5-13-9)11(16)10(15)6-19-7(2)14/h4-5,10-11,13,15-16H,3,6H2,1-2H3. The molecule has 0 saturated heterocycles. The summed E-state index contributed by atoms with van der Waals surface area (Å²) < 4.78 is 4.80. The van der Waals surface area contributed by atoms with Gasteiger partial charge in [-0.2, -0.15) is 0 Å². The Balaban J connectivity index is 2.64. The molecule has 3 N–H and O–H groups in total. The van der Waals surface area contributed by atoms with Crippen molar-refractivity contribution < 1.29 is 24.5 Å². The fourth-order valence-corrected chi connectivity index (χ4v) is 2.01. The van der Waals surface area contributed by atoms with E-state index >= 15 is 0 Å². The maximum absolute atomic E-state index is 11.4. The minimum Gasteiger partial charge on any atom is -0.461 e. The van der Waals surface area contributed by atoms with E-state index in [0.29, 0.717) is 5.56 Å². The van der Waals surface area contributed by atoms with Gasteiger partial charge >= 0.3 is 5.97 Å². The van der Waals surface area contributed by atoms with Gasteiger partial charge in [0.2, 0.25) is 0 Å². The van der Waals surface area contributed by atoms with Crippen LogP contribution >= 0.6 is 11.8 Å². The maximum atomic E-state index is 11.4. The second kappa shape index (κ2) is 7.32. The molecule has 0 aliphatic heterocycles. The lowest BCUT2D eigenvalue weighted by Crippen LogP contribution is -2.21. The molecule has 1 heterocycles. The smallest absolute Gasteiger partial charge is 0.354 e. The first kappa shape index (κ1) is 15.7. The molecular formula is C12H17NO5S. The van der Waals surface area contributed by atoms with Gasteiger partial charge in [-0.25, -0.2) is 4.79 Å². The second-order valence-electron chi connectivity index (χ2n) is 3.88. The summed E-state index contributed by atoms with van der Waals surface area (Å²) >= 11 is 0.933. The average molecular weight is 287 g/mol. The molecule has 2 unspecified atom stereocenters. The molecular weight excluding hydrogens is 270 g/mol. The average Bonchev–Trinajstić information content (AvgIpc) is 2.84. The van der Waals surface area contributed by atoms with Crippen LogP contribution in [0.5, 0.6) is 0 Å². The van der Waals surface area contributed by atoms with Crippen molar-refractivity contribution in [3.63, 3.8) is 0 Å². The Bertz CT molecular complexity index is 445. The molecule has 0 radical (unpaired) electrons. The molecule has 0 aliphatic carbocycles. The van der Waals surface area contributed by atoms with Gasteiger partial charge in [0.15, 0.2) is 5.12 Å². The molecule has 0 saturated carbocycles. The van der Waals surface area contributed by atoms with Gasteiger partial charge in [0.05, 0.1) is 12.7 Å². The van der Waals surface area contributed by atoms with Crippen LogP contribution < -0.4 is 0 Å². The Labute approximate surface area is 115 Å². The molecule has 6 nitrogen and oxygen atoms in total. The molecule has 1 aromatic rings. The highest BCUT2D eigenvalue weighted by atomic mass is 32.2. The van der Waals surface area contributed by atoms with Crippen LogP contribution in [-0.2, 0) is 9.53 Å². The van der Waals surface area contributed by atoms with Crippen LogP contribution in [0.15, 0.2) is 12.3 Å². The third-order valence-electron chi connectivity index (χ3n) is 2.36. The number of aliphatic hydroxyl groups is 2. The largest absolute Gasteiger partial charge is 0.461 e. The highest BCUT2D eigenvalue weighted by molar-refractivity contribution is 8.13. The summed E-state index contributed by atoms with van der Waals surface area (Å²) in [5.74, 6) is -0.426. The van der Waals surface area contributed by atoms with Gasteiger partial charge in [0.25, 0.3) is 0 Å². The van der Waals surface area contributed by atoms with Gasteiger partial charge < -0.3 is 19.9 Å². The van der Waals surface area contributed by atoms with E-state index < -0.39 is 18.2 Å². The lowest BCUT2D eigenvalue weighted by molar-refractivity contribution is -0.109. The van der Waals surface area contributed by atoms with Crippen molar-refractivity contribution in [2.75, 3.05) is 12.4 Å². The second-order valence-corrected chi connectivity index (χ2v) is 5.08. The van der Waals surface area contributed by atoms with Gasteiger partial charge in [-0.15, -0.1) is 0 Å². The molecule has 2 atom stereocenters. The van der Waals surface area contributed by atoms with Crippen LogP contribution in [0.2, 0.25) is 0 Å². The van der Waals surface area contributed by atoms with Crippen LogP contribution in [0, 0.1) is 0 Å². The first-order chi connectivity index (χ1) is 8.95. The Kier molecular flexibility index (Phi) is 6.07. The minimum atomic E-state index is -1.16. The summed E-state index contributed by atoms with van der Waals surface area (Å²) in [4.78, 5) is 24.9. The van der Waals surface area contributed by atoms with E-state index in [0.717, 1.165) is 11.8 Å². The predicted octanol–water partition coefficient (Wildman–Crippen LogP) is 0.865. The van der Waals surface area contributed by atoms with E-state index in [2.05, 4.69) is 4.98 Å². The van der Waals surface area contributed by atoms with Crippen LogP contribution in [0.25, 0.3) is 0 Å². The lowest BCUT2D eigenvalue weighted by atomic mass is 10.1. The van der Waals surface area contributed by atoms with Crippen molar-refractivity contribution in [1.82, 2.24) is 4.98 Å². The number of esters is 1. The third-order valence-corrected chi connectivity index (χ3v) is 3.28. The van der Waals surface area contributed by atoms with Gasteiger partial charge in [-0.1, -0.05) is 11.8 Å². The first-order valence-electron chi connectivity index (χ1n) is 5.80. The number of hydrogen-bond acceptors (Lipinski definition) is 6. The Morgan fingerprint density at radius 3 is 2.74 bits per heavy atom. The summed E-state index contributed by atoms with van der Waals surface area (Å²) in [6.45, 7) is 3.34. The number of rotatable bonds is 6. The number of aliphatic hydroxyl groups excluding tert-OH is 2. The SMILES string of the molecule is CCOC(=O)c1cc(C(O)C(O)CSC(C)=O)c[nH]1. The van der Waals surface area contributed by atoms with Crippen LogP contribution in [0.4, 0.5) is 0 Å². The fraction of sp³-hybridized carbons (Fsp3) is 0.500. The van der Waals surface area contributed by atoms with Gasteiger partial charge in [-0.3, -0.25) is 4.79 Å². The number of aromatic amines is 1. The molecule has 0 bridgehead atoms. The molecule has 0 aromatic carbocycles. The Morgan fingerprint density at radius 1 is 1.47 bits per heavy atom. The highest BCUT2D eigenvalue weighted by Gasteiger charge is 2.21. The van der Waals surface area contributed by atoms with Crippen molar-refractivity contribution in [3.05, 3.63) is 23.5 Å². The van der Waals surface area contributed by atoms with Crippen LogP contribution in [-0.4, -0.2) is 44.7 Å². The zero-order chi connectivity index (χ0) is 14.4. The fourth-order valence-electron chi connectivity index (χ4n) is 1.42. The molecule has 0 amide bonds. The van der Waals surface area contributed by atoms with E-state index in [1.807, 2.05) is 0 Å². The van der Waals surface area contributed by atoms with Crippen molar-refractivity contribution in [3.8, 4) is 0 Å². The monoisotopic (exact) mass is 287 g/mol. The van der Waals surface area contributed by atoms with Crippen molar-refractivity contribution in [2.24, 2.45) is 0 Å². The van der Waals surface area contributed by atoms with Gasteiger partial charge in [-0.05, 0) is 13.0 Å². The first-order valence-corrected chi connectivity index (χ1v) is 6.79. The highest BCUT2D eigenvalue weighted by Crippen LogP contribution is 2.21. The molecule has 0 aliphatic rings. The van der Waals surface area contributed by atoms with E-state index in [1.165, 1.54) is 19.2 Å². The lowest BCUT2D eigenvalue weighted by Gasteiger charge is -2.15. The van der Waals surface area contributed by atoms with Crippen molar-refractivity contribution in [1.29, 1.82) is 0 Å². The van der Waals surface area contributed by atoms with Gasteiger partial charge in [0, 0.05) is 24.4 Å². The van der Waals surface area contributed by atoms with E-state index in [-0.39, 0.29) is 23.2 Å². The number of thioether (sulfide) groups is 1. The Hall–Kier alpha value is -1.31. The predicted molar refractivity (Wildman–Crippen MR) is 70.9 cm³/mol. The number of carbonyl (C=O) groups excluding carboxylic acids is 2. The van der Waals surface area contributed by atoms with Crippen LogP contribution in [0.1, 0.15) is 36.0 Å². The van der Waals surface area contributed by atoms with Crippen molar-refractivity contribution >= 4 is 22.8 Å². The number of H-pyrrole nitrogens is 1. The number of ether oxygens (including phenoxy) is 1. The topological polar surface area (TPSA) is 99.6 Å². The summed E-state index contributed by atoms with van der Waals surface area (Å²) in [6, 6.07) is 1.42. The minimum absolute atomic E-state index is 0.0937. The van der Waals surface area contributed by atoms with E-state index in [1.54, 1.807) is 6.92 Å². The third kappa shape index (κ3) is 4.70. The van der Waals surface area contributed by atoms with E-state index in [9.17, 15) is 19.8 Å². The number of carbonyl (C=O) groups is 2. The summed E-state index contributed by atoms with van der Waals surface area (Å²) in [5.41, 5.74) is 0.585. The molecule has 7 heteroatoms. The molecule has 106 valence electrons. The van der Waals surface area contributed by atoms with Gasteiger partial charge in [0.1, 0.15) is 11.8 Å². The number of hydrogen-bond donors (Lipinski definition) is 3. The molecule has 1 aromatic heterocycles. The summed E-state index contributed by atoms with van der Waals surface area (Å²) in [6.07, 6.45) is -0.815. The normalized spacial score (nSPS) is 13.9. The molecule has 0 fully saturated rings. The van der Waals surface area contributed by atoms with Crippen LogP contribution in [0.3, 0.4) is 0 Å². The molecule has 0 spiro atoms. The summed E-state index contributed by atoms with van der Waals surface area (Å²) in [7, 11) is 0. The number of aromatic nitrogens is 1. The van der Waals surface area contributed by atoms with E-state index in [4.69, 9.17) is 4.74 Å². The molecule has 1 rings (SSSR count). The maximum Gasteiger partial charge on any atom is 0.354 e. The zero-order valence-corrected chi connectivity index (χ0v) is 11.6. The zero-order valence-electron chi connectivity index (χ0n) is 10.8. The summed E-state index contributed by atoms with van der Waals surface area (Å²) in [5, 5.41) is 19.5. The quantitative estimate of drug-likeness (QED) is 0.671. The number of nitrogens with one attached hydrogen (secondary N) is 1. The van der Waals surface area contributed by atoms with Crippen molar-refractivity contribution in [2.45, 2.75) is 26.1 Å². The Morgan fingerprint density at radius 2 is 2.16 bits per heavy atom. The molecule has 19 heavy (non-hydrogen) atoms.